The number of aromatic amines is 1. The minimum absolute atomic E-state index is 0.142. The molecule has 1 aliphatic heterocycles. The highest BCUT2D eigenvalue weighted by molar-refractivity contribution is 5.92. The summed E-state index contributed by atoms with van der Waals surface area (Å²) in [5.74, 6) is -0.164. The zero-order valence-corrected chi connectivity index (χ0v) is 11.6. The molecule has 0 spiro atoms. The normalized spacial score (nSPS) is 18.0. The van der Waals surface area contributed by atoms with Crippen LogP contribution in [0.5, 0.6) is 0 Å². The van der Waals surface area contributed by atoms with Gasteiger partial charge in [0.15, 0.2) is 0 Å². The molecule has 0 radical (unpaired) electrons. The lowest BCUT2D eigenvalue weighted by atomic mass is 10.1. The molecule has 7 nitrogen and oxygen atoms in total. The van der Waals surface area contributed by atoms with Gasteiger partial charge in [-0.15, -0.1) is 0 Å². The van der Waals surface area contributed by atoms with E-state index in [1.807, 2.05) is 6.92 Å². The smallest absolute Gasteiger partial charge is 0.329 e. The standard InChI is InChI=1S/C14H15N5O2/c1-9-7-17-11(8-16-9)13(20)19-6-2-3-12(19)10-4-5-15-14(21)18-10/h4-5,7-8,12H,2-3,6H2,1H3,(H,15,18,21)/t12-/m1/s1. The molecule has 1 saturated heterocycles. The number of hydrogen-bond donors (Lipinski definition) is 1. The van der Waals surface area contributed by atoms with Crippen molar-refractivity contribution in [2.24, 2.45) is 0 Å². The van der Waals surface area contributed by atoms with E-state index in [9.17, 15) is 9.59 Å². The zero-order valence-electron chi connectivity index (χ0n) is 11.6. The van der Waals surface area contributed by atoms with Gasteiger partial charge in [0.05, 0.1) is 17.9 Å². The number of rotatable bonds is 2. The lowest BCUT2D eigenvalue weighted by Gasteiger charge is -2.24. The second-order valence-electron chi connectivity index (χ2n) is 5.03. The van der Waals surface area contributed by atoms with Gasteiger partial charge in [-0.25, -0.2) is 14.8 Å². The van der Waals surface area contributed by atoms with Crippen LogP contribution in [0.2, 0.25) is 0 Å². The Morgan fingerprint density at radius 3 is 2.90 bits per heavy atom. The van der Waals surface area contributed by atoms with E-state index in [4.69, 9.17) is 0 Å². The van der Waals surface area contributed by atoms with Gasteiger partial charge in [0.2, 0.25) is 0 Å². The van der Waals surface area contributed by atoms with Gasteiger partial charge in [-0.05, 0) is 25.8 Å². The fourth-order valence-corrected chi connectivity index (χ4v) is 2.56. The SMILES string of the molecule is Cc1cnc(C(=O)N2CCC[C@@H]2c2ccnc(=O)[nH]2)cn1. The maximum atomic E-state index is 12.5. The number of carbonyl (C=O) groups excluding carboxylic acids is 1. The van der Waals surface area contributed by atoms with Gasteiger partial charge >= 0.3 is 5.69 Å². The summed E-state index contributed by atoms with van der Waals surface area (Å²) in [5, 5.41) is 0. The van der Waals surface area contributed by atoms with Gasteiger partial charge in [0, 0.05) is 24.6 Å². The number of hydrogen-bond acceptors (Lipinski definition) is 5. The molecule has 3 rings (SSSR count). The van der Waals surface area contributed by atoms with E-state index < -0.39 is 5.69 Å². The highest BCUT2D eigenvalue weighted by atomic mass is 16.2. The first kappa shape index (κ1) is 13.4. The molecule has 0 aromatic carbocycles. The molecule has 1 atom stereocenters. The topological polar surface area (TPSA) is 91.8 Å². The van der Waals surface area contributed by atoms with Crippen LogP contribution in [0.25, 0.3) is 0 Å². The molecule has 0 aliphatic carbocycles. The van der Waals surface area contributed by atoms with Crippen LogP contribution in [0.1, 0.15) is 40.8 Å². The predicted molar refractivity (Wildman–Crippen MR) is 74.6 cm³/mol. The van der Waals surface area contributed by atoms with Crippen LogP contribution in [0, 0.1) is 6.92 Å². The third-order valence-electron chi connectivity index (χ3n) is 3.57. The Balaban J connectivity index is 1.88. The van der Waals surface area contributed by atoms with E-state index >= 15 is 0 Å². The summed E-state index contributed by atoms with van der Waals surface area (Å²) < 4.78 is 0. The number of nitrogens with zero attached hydrogens (tertiary/aromatic N) is 4. The van der Waals surface area contributed by atoms with Crippen molar-refractivity contribution in [1.82, 2.24) is 24.8 Å². The van der Waals surface area contributed by atoms with Gasteiger partial charge in [0.1, 0.15) is 5.69 Å². The summed E-state index contributed by atoms with van der Waals surface area (Å²) in [6, 6.07) is 1.59. The summed E-state index contributed by atoms with van der Waals surface area (Å²) in [5.41, 5.74) is 1.40. The molecular formula is C14H15N5O2. The van der Waals surface area contributed by atoms with Crippen LogP contribution in [0.4, 0.5) is 0 Å². The van der Waals surface area contributed by atoms with E-state index in [1.54, 1.807) is 17.2 Å². The highest BCUT2D eigenvalue weighted by Gasteiger charge is 2.31. The fraction of sp³-hybridized carbons (Fsp3) is 0.357. The van der Waals surface area contributed by atoms with Crippen molar-refractivity contribution in [3.05, 3.63) is 52.2 Å². The number of likely N-dealkylation sites (tertiary alicyclic amines) is 1. The van der Waals surface area contributed by atoms with Gasteiger partial charge in [-0.3, -0.25) is 9.78 Å². The summed E-state index contributed by atoms with van der Waals surface area (Å²) in [6.07, 6.45) is 6.22. The first-order valence-corrected chi connectivity index (χ1v) is 6.80. The molecule has 21 heavy (non-hydrogen) atoms. The monoisotopic (exact) mass is 285 g/mol. The second kappa shape index (κ2) is 5.43. The van der Waals surface area contributed by atoms with E-state index in [0.29, 0.717) is 17.9 Å². The van der Waals surface area contributed by atoms with Crippen LogP contribution in [0.15, 0.2) is 29.5 Å². The first-order chi connectivity index (χ1) is 10.1. The molecule has 3 heterocycles. The molecule has 0 unspecified atom stereocenters. The van der Waals surface area contributed by atoms with Crippen molar-refractivity contribution >= 4 is 5.91 Å². The molecule has 1 fully saturated rings. The molecule has 0 bridgehead atoms. The lowest BCUT2D eigenvalue weighted by Crippen LogP contribution is -2.32. The summed E-state index contributed by atoms with van der Waals surface area (Å²) in [6.45, 7) is 2.46. The van der Waals surface area contributed by atoms with Crippen LogP contribution >= 0.6 is 0 Å². The molecule has 2 aromatic rings. The van der Waals surface area contributed by atoms with E-state index in [2.05, 4.69) is 19.9 Å². The Bertz CT molecular complexity index is 710. The largest absolute Gasteiger partial charge is 0.345 e. The van der Waals surface area contributed by atoms with E-state index in [0.717, 1.165) is 18.5 Å². The Labute approximate surface area is 121 Å². The molecule has 2 aromatic heterocycles. The zero-order chi connectivity index (χ0) is 14.8. The number of aryl methyl sites for hydroxylation is 1. The van der Waals surface area contributed by atoms with Crippen molar-refractivity contribution in [1.29, 1.82) is 0 Å². The maximum Gasteiger partial charge on any atom is 0.345 e. The van der Waals surface area contributed by atoms with Gasteiger partial charge < -0.3 is 9.88 Å². The average Bonchev–Trinajstić information content (AvgIpc) is 2.97. The predicted octanol–water partition coefficient (Wildman–Crippen LogP) is 0.846. The molecular weight excluding hydrogens is 270 g/mol. The molecule has 1 N–H and O–H groups in total. The van der Waals surface area contributed by atoms with Crippen molar-refractivity contribution in [3.8, 4) is 0 Å². The second-order valence-corrected chi connectivity index (χ2v) is 5.03. The fourth-order valence-electron chi connectivity index (χ4n) is 2.56. The molecule has 1 aliphatic rings. The minimum Gasteiger partial charge on any atom is -0.329 e. The highest BCUT2D eigenvalue weighted by Crippen LogP contribution is 2.31. The van der Waals surface area contributed by atoms with Crippen molar-refractivity contribution in [2.75, 3.05) is 6.54 Å². The Morgan fingerprint density at radius 1 is 1.33 bits per heavy atom. The third-order valence-corrected chi connectivity index (χ3v) is 3.57. The Hall–Kier alpha value is -2.57. The van der Waals surface area contributed by atoms with Crippen molar-refractivity contribution in [2.45, 2.75) is 25.8 Å². The lowest BCUT2D eigenvalue weighted by molar-refractivity contribution is 0.0726. The first-order valence-electron chi connectivity index (χ1n) is 6.80. The van der Waals surface area contributed by atoms with Crippen LogP contribution in [-0.4, -0.2) is 37.3 Å². The maximum absolute atomic E-state index is 12.5. The third kappa shape index (κ3) is 2.67. The van der Waals surface area contributed by atoms with Gasteiger partial charge in [-0.1, -0.05) is 0 Å². The van der Waals surface area contributed by atoms with Gasteiger partial charge in [0.25, 0.3) is 5.91 Å². The quantitative estimate of drug-likeness (QED) is 0.883. The number of carbonyl (C=O) groups is 1. The Kier molecular flexibility index (Phi) is 3.47. The number of H-pyrrole nitrogens is 1. The number of amides is 1. The number of nitrogens with one attached hydrogen (secondary N) is 1. The molecule has 1 amide bonds. The molecule has 108 valence electrons. The van der Waals surface area contributed by atoms with Crippen LogP contribution in [-0.2, 0) is 0 Å². The van der Waals surface area contributed by atoms with Gasteiger partial charge in [-0.2, -0.15) is 0 Å². The van der Waals surface area contributed by atoms with Crippen LogP contribution in [0.3, 0.4) is 0 Å². The van der Waals surface area contributed by atoms with Crippen molar-refractivity contribution in [3.63, 3.8) is 0 Å². The van der Waals surface area contributed by atoms with E-state index in [1.165, 1.54) is 12.4 Å². The molecule has 0 saturated carbocycles. The van der Waals surface area contributed by atoms with Crippen molar-refractivity contribution < 1.29 is 4.79 Å². The average molecular weight is 285 g/mol. The van der Waals surface area contributed by atoms with E-state index in [-0.39, 0.29) is 11.9 Å². The molecule has 7 heteroatoms. The summed E-state index contributed by atoms with van der Waals surface area (Å²) >= 11 is 0. The Morgan fingerprint density at radius 2 is 2.19 bits per heavy atom. The summed E-state index contributed by atoms with van der Waals surface area (Å²) in [7, 11) is 0. The van der Waals surface area contributed by atoms with Crippen LogP contribution < -0.4 is 5.69 Å². The minimum atomic E-state index is -0.401. The summed E-state index contributed by atoms with van der Waals surface area (Å²) in [4.78, 5) is 40.2. The number of aromatic nitrogens is 4.